The van der Waals surface area contributed by atoms with E-state index in [1.807, 2.05) is 31.2 Å². The average molecular weight is 358 g/mol. The summed E-state index contributed by atoms with van der Waals surface area (Å²) < 4.78 is 44.0. The molecule has 0 spiro atoms. The Labute approximate surface area is 145 Å². The molecule has 0 aliphatic rings. The number of ether oxygens (including phenoxy) is 1. The van der Waals surface area contributed by atoms with Gasteiger partial charge in [0.25, 0.3) is 5.56 Å². The molecule has 0 saturated heterocycles. The summed E-state index contributed by atoms with van der Waals surface area (Å²) in [5, 5.41) is 0.861. The summed E-state index contributed by atoms with van der Waals surface area (Å²) in [5.41, 5.74) is 1.89. The van der Waals surface area contributed by atoms with Gasteiger partial charge in [0.1, 0.15) is 0 Å². The lowest BCUT2D eigenvalue weighted by Gasteiger charge is -2.13. The molecule has 0 aliphatic heterocycles. The van der Waals surface area contributed by atoms with Gasteiger partial charge in [0, 0.05) is 17.3 Å². The van der Waals surface area contributed by atoms with Gasteiger partial charge >= 0.3 is 6.36 Å². The van der Waals surface area contributed by atoms with E-state index in [1.54, 1.807) is 22.9 Å². The zero-order valence-corrected chi connectivity index (χ0v) is 13.6. The fraction of sp³-hybridized carbons (Fsp3) is 0.105. The van der Waals surface area contributed by atoms with E-state index in [2.05, 4.69) is 9.72 Å². The Balaban J connectivity index is 2.10. The molecule has 0 amide bonds. The van der Waals surface area contributed by atoms with Gasteiger partial charge < -0.3 is 14.3 Å². The lowest BCUT2D eigenvalue weighted by atomic mass is 10.1. The zero-order valence-electron chi connectivity index (χ0n) is 13.6. The Morgan fingerprint density at radius 1 is 1.00 bits per heavy atom. The maximum atomic E-state index is 12.7. The fourth-order valence-corrected chi connectivity index (χ4v) is 3.17. The Morgan fingerprint density at radius 2 is 1.77 bits per heavy atom. The molecule has 4 aromatic rings. The molecule has 7 heteroatoms. The Morgan fingerprint density at radius 3 is 2.50 bits per heavy atom. The van der Waals surface area contributed by atoms with Gasteiger partial charge in [0.2, 0.25) is 0 Å². The molecule has 4 rings (SSSR count). The number of aromatic nitrogens is 2. The van der Waals surface area contributed by atoms with Crippen molar-refractivity contribution >= 4 is 21.8 Å². The summed E-state index contributed by atoms with van der Waals surface area (Å²) in [5.74, 6) is -0.438. The molecule has 0 fully saturated rings. The first-order chi connectivity index (χ1) is 12.3. The van der Waals surface area contributed by atoms with Gasteiger partial charge in [-0.15, -0.1) is 13.2 Å². The zero-order chi connectivity index (χ0) is 18.5. The molecular weight excluding hydrogens is 345 g/mol. The van der Waals surface area contributed by atoms with E-state index in [-0.39, 0.29) is 5.52 Å². The Kier molecular flexibility index (Phi) is 3.54. The predicted molar refractivity (Wildman–Crippen MR) is 92.8 cm³/mol. The molecule has 0 unspecified atom stereocenters. The van der Waals surface area contributed by atoms with Gasteiger partial charge in [-0.1, -0.05) is 30.3 Å². The van der Waals surface area contributed by atoms with Crippen LogP contribution in [-0.4, -0.2) is 15.9 Å². The van der Waals surface area contributed by atoms with Crippen LogP contribution in [-0.2, 0) is 0 Å². The van der Waals surface area contributed by atoms with Crippen molar-refractivity contribution in [1.82, 2.24) is 9.55 Å². The number of H-pyrrole nitrogens is 1. The van der Waals surface area contributed by atoms with Gasteiger partial charge in [-0.3, -0.25) is 4.79 Å². The number of pyridine rings is 1. The van der Waals surface area contributed by atoms with Crippen molar-refractivity contribution in [1.29, 1.82) is 0 Å². The molecule has 0 atom stereocenters. The maximum absolute atomic E-state index is 12.7. The van der Waals surface area contributed by atoms with Gasteiger partial charge in [0.15, 0.2) is 5.75 Å². The maximum Gasteiger partial charge on any atom is 0.573 e. The highest BCUT2D eigenvalue weighted by atomic mass is 19.4. The number of halogens is 3. The minimum atomic E-state index is -4.85. The number of rotatable bonds is 2. The van der Waals surface area contributed by atoms with Crippen LogP contribution in [0.2, 0.25) is 0 Å². The van der Waals surface area contributed by atoms with Gasteiger partial charge in [-0.2, -0.15) is 0 Å². The van der Waals surface area contributed by atoms with Gasteiger partial charge in [-0.05, 0) is 30.7 Å². The molecular formula is C19H13F3N2O2. The number of benzene rings is 2. The first-order valence-corrected chi connectivity index (χ1v) is 7.83. The number of hydrogen-bond acceptors (Lipinski definition) is 2. The van der Waals surface area contributed by atoms with Crippen molar-refractivity contribution in [2.45, 2.75) is 13.3 Å². The molecule has 4 nitrogen and oxygen atoms in total. The number of hydrogen-bond donors (Lipinski definition) is 1. The van der Waals surface area contributed by atoms with Crippen molar-refractivity contribution in [2.75, 3.05) is 0 Å². The SMILES string of the molecule is Cc1ccccc1-n1ccc2c(=O)[nH]c3c(OC(F)(F)F)cccc3c21. The molecule has 2 aromatic heterocycles. The predicted octanol–water partition coefficient (Wildman–Crippen LogP) is 4.68. The highest BCUT2D eigenvalue weighted by molar-refractivity contribution is 6.06. The van der Waals surface area contributed by atoms with Crippen LogP contribution in [0.15, 0.2) is 59.5 Å². The van der Waals surface area contributed by atoms with Crippen molar-refractivity contribution in [3.05, 3.63) is 70.6 Å². The van der Waals surface area contributed by atoms with E-state index in [0.717, 1.165) is 11.3 Å². The van der Waals surface area contributed by atoms with Crippen LogP contribution in [0.25, 0.3) is 27.5 Å². The fourth-order valence-electron chi connectivity index (χ4n) is 3.17. The standard InChI is InChI=1S/C19H13F3N2O2/c1-11-5-2-3-7-14(11)24-10-9-13-17(24)12-6-4-8-15(26-19(20,21)22)16(12)23-18(13)25/h2-10H,1H3,(H,23,25). The minimum absolute atomic E-state index is 0.0101. The second-order valence-corrected chi connectivity index (χ2v) is 5.92. The monoisotopic (exact) mass is 358 g/mol. The molecule has 132 valence electrons. The first kappa shape index (κ1) is 16.3. The Hall–Kier alpha value is -3.22. The number of fused-ring (bicyclic) bond motifs is 3. The van der Waals surface area contributed by atoms with Crippen molar-refractivity contribution in [3.8, 4) is 11.4 Å². The number of nitrogens with zero attached hydrogens (tertiary/aromatic N) is 1. The van der Waals surface area contributed by atoms with Crippen molar-refractivity contribution in [3.63, 3.8) is 0 Å². The lowest BCUT2D eigenvalue weighted by molar-refractivity contribution is -0.274. The smallest absolute Gasteiger partial charge is 0.404 e. The van der Waals surface area contributed by atoms with Crippen LogP contribution in [0.4, 0.5) is 13.2 Å². The average Bonchev–Trinajstić information content (AvgIpc) is 3.01. The summed E-state index contributed by atoms with van der Waals surface area (Å²) in [6.07, 6.45) is -3.11. The second-order valence-electron chi connectivity index (χ2n) is 5.92. The highest BCUT2D eigenvalue weighted by Gasteiger charge is 2.32. The van der Waals surface area contributed by atoms with E-state index in [4.69, 9.17) is 0 Å². The molecule has 0 bridgehead atoms. The van der Waals surface area contributed by atoms with Crippen LogP contribution in [0.1, 0.15) is 5.56 Å². The van der Waals surface area contributed by atoms with Crippen LogP contribution in [0, 0.1) is 6.92 Å². The summed E-state index contributed by atoms with van der Waals surface area (Å²) >= 11 is 0. The van der Waals surface area contributed by atoms with E-state index < -0.39 is 17.7 Å². The largest absolute Gasteiger partial charge is 0.573 e. The molecule has 2 heterocycles. The lowest BCUT2D eigenvalue weighted by Crippen LogP contribution is -2.18. The third-order valence-corrected chi connectivity index (χ3v) is 4.25. The van der Waals surface area contributed by atoms with E-state index in [9.17, 15) is 18.0 Å². The first-order valence-electron chi connectivity index (χ1n) is 7.83. The number of nitrogens with one attached hydrogen (secondary N) is 1. The third-order valence-electron chi connectivity index (χ3n) is 4.25. The number of para-hydroxylation sites is 2. The van der Waals surface area contributed by atoms with E-state index in [1.165, 1.54) is 12.1 Å². The van der Waals surface area contributed by atoms with Crippen LogP contribution < -0.4 is 10.3 Å². The van der Waals surface area contributed by atoms with Gasteiger partial charge in [-0.25, -0.2) is 0 Å². The molecule has 26 heavy (non-hydrogen) atoms. The van der Waals surface area contributed by atoms with Crippen molar-refractivity contribution in [2.24, 2.45) is 0 Å². The molecule has 1 N–H and O–H groups in total. The number of aromatic amines is 1. The van der Waals surface area contributed by atoms with Crippen LogP contribution in [0.3, 0.4) is 0 Å². The van der Waals surface area contributed by atoms with Crippen LogP contribution in [0.5, 0.6) is 5.75 Å². The van der Waals surface area contributed by atoms with E-state index >= 15 is 0 Å². The van der Waals surface area contributed by atoms with E-state index in [0.29, 0.717) is 16.3 Å². The topological polar surface area (TPSA) is 47.0 Å². The molecule has 0 radical (unpaired) electrons. The second kappa shape index (κ2) is 5.66. The number of aryl methyl sites for hydroxylation is 1. The minimum Gasteiger partial charge on any atom is -0.404 e. The molecule has 0 aliphatic carbocycles. The summed E-state index contributed by atoms with van der Waals surface area (Å²) in [6, 6.07) is 13.5. The summed E-state index contributed by atoms with van der Waals surface area (Å²) in [4.78, 5) is 14.9. The highest BCUT2D eigenvalue weighted by Crippen LogP contribution is 2.33. The van der Waals surface area contributed by atoms with Gasteiger partial charge in [0.05, 0.1) is 16.4 Å². The quantitative estimate of drug-likeness (QED) is 0.566. The summed E-state index contributed by atoms with van der Waals surface area (Å²) in [6.45, 7) is 1.93. The van der Waals surface area contributed by atoms with Crippen LogP contribution >= 0.6 is 0 Å². The third kappa shape index (κ3) is 2.61. The summed E-state index contributed by atoms with van der Waals surface area (Å²) in [7, 11) is 0. The van der Waals surface area contributed by atoms with Crippen molar-refractivity contribution < 1.29 is 17.9 Å². The number of alkyl halides is 3. The molecule has 2 aromatic carbocycles. The normalized spacial score (nSPS) is 12.0. The molecule has 0 saturated carbocycles. The Bertz CT molecular complexity index is 1190.